The molecule has 16 heavy (non-hydrogen) atoms. The molecule has 0 atom stereocenters. The minimum absolute atomic E-state index is 0.448. The molecule has 86 valence electrons. The molecule has 1 aliphatic heterocycles. The number of nitrogens with zero attached hydrogens (tertiary/aromatic N) is 3. The standard InChI is InChI=1S/C10H15N5O/c11-5-8-6-15-10(12-8)13-9(14-15)7-1-3-16-4-2-7/h6-7H,1-5,11H2,(H,12,13,14). The van der Waals surface area contributed by atoms with Crippen molar-refractivity contribution in [2.45, 2.75) is 25.3 Å². The van der Waals surface area contributed by atoms with Gasteiger partial charge in [0, 0.05) is 25.7 Å². The summed E-state index contributed by atoms with van der Waals surface area (Å²) in [4.78, 5) is 8.80. The summed E-state index contributed by atoms with van der Waals surface area (Å²) in [6.07, 6.45) is 3.95. The number of hydrogen-bond donors (Lipinski definition) is 2. The van der Waals surface area contributed by atoms with E-state index in [1.807, 2.05) is 10.7 Å². The molecule has 3 heterocycles. The number of aromatic amines is 1. The van der Waals surface area contributed by atoms with E-state index in [1.54, 1.807) is 0 Å². The van der Waals surface area contributed by atoms with Gasteiger partial charge in [0.1, 0.15) is 5.82 Å². The molecule has 0 aliphatic carbocycles. The number of aromatic nitrogens is 4. The summed E-state index contributed by atoms with van der Waals surface area (Å²) < 4.78 is 7.17. The summed E-state index contributed by atoms with van der Waals surface area (Å²) >= 11 is 0. The van der Waals surface area contributed by atoms with Crippen LogP contribution in [-0.4, -0.2) is 32.8 Å². The fraction of sp³-hybridized carbons (Fsp3) is 0.600. The first-order valence-electron chi connectivity index (χ1n) is 5.58. The van der Waals surface area contributed by atoms with Crippen LogP contribution in [0.5, 0.6) is 0 Å². The second kappa shape index (κ2) is 3.88. The Labute approximate surface area is 92.8 Å². The van der Waals surface area contributed by atoms with Crippen LogP contribution in [0.1, 0.15) is 30.3 Å². The van der Waals surface area contributed by atoms with E-state index in [9.17, 15) is 0 Å². The van der Waals surface area contributed by atoms with Crippen LogP contribution in [-0.2, 0) is 11.3 Å². The molecule has 0 aromatic carbocycles. The molecular formula is C10H15N5O. The van der Waals surface area contributed by atoms with Crippen molar-refractivity contribution in [2.24, 2.45) is 5.73 Å². The van der Waals surface area contributed by atoms with Gasteiger partial charge in [-0.05, 0) is 12.8 Å². The number of imidazole rings is 1. The Bertz CT molecular complexity index is 451. The van der Waals surface area contributed by atoms with Gasteiger partial charge < -0.3 is 10.5 Å². The van der Waals surface area contributed by atoms with Gasteiger partial charge in [-0.2, -0.15) is 4.98 Å². The molecule has 0 radical (unpaired) electrons. The van der Waals surface area contributed by atoms with Gasteiger partial charge in [0.05, 0.1) is 11.9 Å². The summed E-state index contributed by atoms with van der Waals surface area (Å²) in [6, 6.07) is 0. The Hall–Kier alpha value is -1.40. The lowest BCUT2D eigenvalue weighted by atomic mass is 10.00. The van der Waals surface area contributed by atoms with Gasteiger partial charge in [0.2, 0.25) is 0 Å². The van der Waals surface area contributed by atoms with Crippen molar-refractivity contribution in [3.05, 3.63) is 17.7 Å². The predicted molar refractivity (Wildman–Crippen MR) is 58.0 cm³/mol. The van der Waals surface area contributed by atoms with E-state index in [2.05, 4.69) is 15.1 Å². The molecule has 0 saturated carbocycles. The van der Waals surface area contributed by atoms with Gasteiger partial charge in [-0.1, -0.05) is 0 Å². The van der Waals surface area contributed by atoms with Crippen LogP contribution in [0, 0.1) is 0 Å². The van der Waals surface area contributed by atoms with Crippen molar-refractivity contribution in [3.63, 3.8) is 0 Å². The molecule has 2 aromatic heterocycles. The largest absolute Gasteiger partial charge is 0.381 e. The maximum atomic E-state index is 5.52. The van der Waals surface area contributed by atoms with Crippen molar-refractivity contribution >= 4 is 5.78 Å². The zero-order valence-corrected chi connectivity index (χ0v) is 9.02. The second-order valence-corrected chi connectivity index (χ2v) is 4.10. The molecule has 6 nitrogen and oxygen atoms in total. The minimum atomic E-state index is 0.448. The number of hydrogen-bond acceptors (Lipinski definition) is 4. The molecular weight excluding hydrogens is 206 g/mol. The van der Waals surface area contributed by atoms with Crippen LogP contribution in [0.4, 0.5) is 0 Å². The molecule has 3 rings (SSSR count). The van der Waals surface area contributed by atoms with Gasteiger partial charge in [0.15, 0.2) is 0 Å². The molecule has 0 bridgehead atoms. The molecule has 6 heteroatoms. The molecule has 3 N–H and O–H groups in total. The number of nitrogens with two attached hydrogens (primary N) is 1. The van der Waals surface area contributed by atoms with E-state index >= 15 is 0 Å². The number of H-pyrrole nitrogens is 1. The fourth-order valence-corrected chi connectivity index (χ4v) is 2.09. The monoisotopic (exact) mass is 221 g/mol. The van der Waals surface area contributed by atoms with Crippen molar-refractivity contribution in [3.8, 4) is 0 Å². The number of rotatable bonds is 2. The summed E-state index contributed by atoms with van der Waals surface area (Å²) in [7, 11) is 0. The fourth-order valence-electron chi connectivity index (χ4n) is 2.09. The Kier molecular flexibility index (Phi) is 2.37. The zero-order chi connectivity index (χ0) is 11.0. The first-order chi connectivity index (χ1) is 7.86. The molecule has 0 unspecified atom stereocenters. The number of nitrogens with one attached hydrogen (secondary N) is 1. The summed E-state index contributed by atoms with van der Waals surface area (Å²) in [6.45, 7) is 2.09. The van der Waals surface area contributed by atoms with Gasteiger partial charge >= 0.3 is 0 Å². The van der Waals surface area contributed by atoms with E-state index < -0.39 is 0 Å². The first-order valence-corrected chi connectivity index (χ1v) is 5.58. The Morgan fingerprint density at radius 3 is 2.94 bits per heavy atom. The van der Waals surface area contributed by atoms with E-state index in [0.29, 0.717) is 18.2 Å². The quantitative estimate of drug-likeness (QED) is 0.769. The van der Waals surface area contributed by atoms with E-state index in [-0.39, 0.29) is 0 Å². The highest BCUT2D eigenvalue weighted by Gasteiger charge is 2.19. The second-order valence-electron chi connectivity index (χ2n) is 4.10. The van der Waals surface area contributed by atoms with Crippen molar-refractivity contribution in [1.29, 1.82) is 0 Å². The highest BCUT2D eigenvalue weighted by molar-refractivity contribution is 5.30. The third-order valence-corrected chi connectivity index (χ3v) is 3.01. The first kappa shape index (κ1) is 9.80. The normalized spacial score (nSPS) is 18.3. The van der Waals surface area contributed by atoms with Crippen molar-refractivity contribution < 1.29 is 4.74 Å². The lowest BCUT2D eigenvalue weighted by molar-refractivity contribution is 0.0836. The van der Waals surface area contributed by atoms with Crippen LogP contribution in [0.15, 0.2) is 6.20 Å². The van der Waals surface area contributed by atoms with E-state index in [1.165, 1.54) is 0 Å². The zero-order valence-electron chi connectivity index (χ0n) is 9.02. The topological polar surface area (TPSA) is 81.2 Å². The van der Waals surface area contributed by atoms with Gasteiger partial charge in [-0.25, -0.2) is 9.50 Å². The highest BCUT2D eigenvalue weighted by Crippen LogP contribution is 2.24. The average Bonchev–Trinajstić information content (AvgIpc) is 2.87. The maximum Gasteiger partial charge on any atom is 0.250 e. The molecule has 1 saturated heterocycles. The van der Waals surface area contributed by atoms with E-state index in [0.717, 1.165) is 37.6 Å². The van der Waals surface area contributed by atoms with Crippen molar-refractivity contribution in [1.82, 2.24) is 19.6 Å². The summed E-state index contributed by atoms with van der Waals surface area (Å²) in [5, 5.41) is 3.25. The Morgan fingerprint density at radius 2 is 2.25 bits per heavy atom. The minimum Gasteiger partial charge on any atom is -0.381 e. The molecule has 0 spiro atoms. The lowest BCUT2D eigenvalue weighted by Gasteiger charge is -2.19. The van der Waals surface area contributed by atoms with Gasteiger partial charge in [-0.15, -0.1) is 0 Å². The van der Waals surface area contributed by atoms with Crippen LogP contribution in [0.2, 0.25) is 0 Å². The van der Waals surface area contributed by atoms with Crippen LogP contribution >= 0.6 is 0 Å². The summed E-state index contributed by atoms with van der Waals surface area (Å²) in [5.41, 5.74) is 6.38. The van der Waals surface area contributed by atoms with Gasteiger partial charge in [0.25, 0.3) is 5.78 Å². The smallest absolute Gasteiger partial charge is 0.250 e. The van der Waals surface area contributed by atoms with E-state index in [4.69, 9.17) is 10.5 Å². The number of fused-ring (bicyclic) bond motifs is 1. The predicted octanol–water partition coefficient (Wildman–Crippen LogP) is 0.410. The van der Waals surface area contributed by atoms with Crippen LogP contribution in [0.3, 0.4) is 0 Å². The Morgan fingerprint density at radius 1 is 1.44 bits per heavy atom. The van der Waals surface area contributed by atoms with Crippen molar-refractivity contribution in [2.75, 3.05) is 13.2 Å². The average molecular weight is 221 g/mol. The third kappa shape index (κ3) is 1.60. The van der Waals surface area contributed by atoms with Gasteiger partial charge in [-0.3, -0.25) is 5.10 Å². The maximum absolute atomic E-state index is 5.52. The Balaban J connectivity index is 1.89. The lowest BCUT2D eigenvalue weighted by Crippen LogP contribution is -2.15. The molecule has 0 amide bonds. The SMILES string of the molecule is NCc1cn2[nH]c(C3CCOCC3)nc2n1. The molecule has 2 aromatic rings. The number of ether oxygens (including phenoxy) is 1. The summed E-state index contributed by atoms with van der Waals surface area (Å²) in [5.74, 6) is 2.19. The van der Waals surface area contributed by atoms with Crippen LogP contribution in [0.25, 0.3) is 5.78 Å². The molecule has 1 aliphatic rings. The third-order valence-electron chi connectivity index (χ3n) is 3.01. The van der Waals surface area contributed by atoms with Crippen LogP contribution < -0.4 is 5.73 Å². The highest BCUT2D eigenvalue weighted by atomic mass is 16.5. The molecule has 1 fully saturated rings.